The highest BCUT2D eigenvalue weighted by molar-refractivity contribution is 7.11. The fourth-order valence-corrected chi connectivity index (χ4v) is 2.02. The van der Waals surface area contributed by atoms with E-state index in [1.807, 2.05) is 0 Å². The predicted molar refractivity (Wildman–Crippen MR) is 54.3 cm³/mol. The highest BCUT2D eigenvalue weighted by atomic mass is 32.1. The van der Waals surface area contributed by atoms with Crippen LogP contribution in [0.1, 0.15) is 15.6 Å². The molecule has 1 aromatic rings. The van der Waals surface area contributed by atoms with E-state index in [2.05, 4.69) is 4.98 Å². The molecule has 14 heavy (non-hydrogen) atoms. The quantitative estimate of drug-likeness (QED) is 0.771. The molecule has 0 radical (unpaired) electrons. The van der Waals surface area contributed by atoms with Crippen LogP contribution in [0.15, 0.2) is 0 Å². The maximum Gasteiger partial charge on any atom is 0.0956 e. The lowest BCUT2D eigenvalue weighted by Crippen LogP contribution is -1.95. The molecule has 0 saturated carbocycles. The molecule has 0 saturated heterocycles. The van der Waals surface area contributed by atoms with Crippen LogP contribution >= 0.6 is 11.3 Å². The van der Waals surface area contributed by atoms with Crippen molar-refractivity contribution in [1.82, 2.24) is 4.98 Å². The van der Waals surface area contributed by atoms with E-state index in [0.717, 1.165) is 22.0 Å². The molecule has 0 bridgehead atoms. The summed E-state index contributed by atoms with van der Waals surface area (Å²) in [4.78, 5) is 5.25. The molecule has 0 fully saturated rings. The minimum absolute atomic E-state index is 0.0311. The lowest BCUT2D eigenvalue weighted by atomic mass is 10.4. The number of hydrogen-bond acceptors (Lipinski definition) is 5. The molecule has 5 heteroatoms. The lowest BCUT2D eigenvalue weighted by Gasteiger charge is -1.95. The van der Waals surface area contributed by atoms with Gasteiger partial charge in [-0.1, -0.05) is 0 Å². The molecule has 1 rings (SSSR count). The summed E-state index contributed by atoms with van der Waals surface area (Å²) in [5.74, 6) is 0. The Balaban J connectivity index is 2.67. The van der Waals surface area contributed by atoms with Crippen molar-refractivity contribution < 1.29 is 14.6 Å². The first kappa shape index (κ1) is 11.6. The number of rotatable bonds is 6. The zero-order valence-corrected chi connectivity index (χ0v) is 9.26. The number of aliphatic hydroxyl groups is 1. The SMILES string of the molecule is COCCc1nc(COC)c(CO)s1. The van der Waals surface area contributed by atoms with Crippen molar-refractivity contribution in [3.05, 3.63) is 15.6 Å². The summed E-state index contributed by atoms with van der Waals surface area (Å²) in [7, 11) is 3.28. The van der Waals surface area contributed by atoms with Gasteiger partial charge in [0, 0.05) is 20.6 Å². The van der Waals surface area contributed by atoms with E-state index < -0.39 is 0 Å². The first-order valence-corrected chi connectivity index (χ1v) is 5.19. The maximum absolute atomic E-state index is 9.07. The number of aliphatic hydroxyl groups excluding tert-OH is 1. The summed E-state index contributed by atoms with van der Waals surface area (Å²) in [5, 5.41) is 10.1. The summed E-state index contributed by atoms with van der Waals surface area (Å²) >= 11 is 1.52. The molecule has 1 heterocycles. The lowest BCUT2D eigenvalue weighted by molar-refractivity contribution is 0.178. The minimum Gasteiger partial charge on any atom is -0.391 e. The molecule has 0 spiro atoms. The Morgan fingerprint density at radius 1 is 1.36 bits per heavy atom. The van der Waals surface area contributed by atoms with Gasteiger partial charge in [0.2, 0.25) is 0 Å². The number of thiazole rings is 1. The summed E-state index contributed by atoms with van der Waals surface area (Å²) in [6, 6.07) is 0. The predicted octanol–water partition coefficient (Wildman–Crippen LogP) is 0.971. The van der Waals surface area contributed by atoms with E-state index in [0.29, 0.717) is 13.2 Å². The summed E-state index contributed by atoms with van der Waals surface area (Å²) in [6.45, 7) is 1.15. The number of methoxy groups -OCH3 is 2. The Morgan fingerprint density at radius 2 is 2.14 bits per heavy atom. The number of ether oxygens (including phenoxy) is 2. The molecule has 1 N–H and O–H groups in total. The monoisotopic (exact) mass is 217 g/mol. The Labute approximate surface area is 87.5 Å². The van der Waals surface area contributed by atoms with Crippen LogP contribution in [0.5, 0.6) is 0 Å². The zero-order valence-electron chi connectivity index (χ0n) is 8.45. The van der Waals surface area contributed by atoms with Gasteiger partial charge in [-0.15, -0.1) is 11.3 Å². The third-order valence-corrected chi connectivity index (χ3v) is 2.91. The largest absolute Gasteiger partial charge is 0.391 e. The van der Waals surface area contributed by atoms with Crippen LogP contribution < -0.4 is 0 Å². The van der Waals surface area contributed by atoms with Gasteiger partial charge in [0.1, 0.15) is 0 Å². The molecular weight excluding hydrogens is 202 g/mol. The average Bonchev–Trinajstić information content (AvgIpc) is 2.58. The van der Waals surface area contributed by atoms with Gasteiger partial charge >= 0.3 is 0 Å². The Kier molecular flexibility index (Phi) is 5.03. The zero-order chi connectivity index (χ0) is 10.4. The van der Waals surface area contributed by atoms with E-state index in [1.165, 1.54) is 11.3 Å². The van der Waals surface area contributed by atoms with E-state index >= 15 is 0 Å². The van der Waals surface area contributed by atoms with Crippen LogP contribution in [0.2, 0.25) is 0 Å². The van der Waals surface area contributed by atoms with Gasteiger partial charge in [-0.3, -0.25) is 0 Å². The highest BCUT2D eigenvalue weighted by Crippen LogP contribution is 2.19. The van der Waals surface area contributed by atoms with Gasteiger partial charge in [-0.25, -0.2) is 4.98 Å². The first-order valence-electron chi connectivity index (χ1n) is 4.38. The second-order valence-corrected chi connectivity index (χ2v) is 3.98. The molecule has 4 nitrogen and oxygen atoms in total. The molecule has 1 aromatic heterocycles. The highest BCUT2D eigenvalue weighted by Gasteiger charge is 2.09. The molecule has 0 atom stereocenters. The molecular formula is C9H15NO3S. The second kappa shape index (κ2) is 6.08. The molecule has 80 valence electrons. The minimum atomic E-state index is 0.0311. The van der Waals surface area contributed by atoms with Gasteiger partial charge in [-0.05, 0) is 0 Å². The summed E-state index contributed by atoms with van der Waals surface area (Å²) in [5.41, 5.74) is 0.839. The molecule has 0 unspecified atom stereocenters. The fourth-order valence-electron chi connectivity index (χ4n) is 1.11. The van der Waals surface area contributed by atoms with Crippen molar-refractivity contribution in [1.29, 1.82) is 0 Å². The van der Waals surface area contributed by atoms with Gasteiger partial charge in [0.15, 0.2) is 0 Å². The maximum atomic E-state index is 9.07. The van der Waals surface area contributed by atoms with E-state index in [-0.39, 0.29) is 6.61 Å². The van der Waals surface area contributed by atoms with Crippen LogP contribution in [0.25, 0.3) is 0 Å². The Bertz CT molecular complexity index is 275. The van der Waals surface area contributed by atoms with Crippen LogP contribution in [-0.2, 0) is 29.1 Å². The van der Waals surface area contributed by atoms with E-state index in [9.17, 15) is 0 Å². The number of aromatic nitrogens is 1. The van der Waals surface area contributed by atoms with Crippen molar-refractivity contribution >= 4 is 11.3 Å². The van der Waals surface area contributed by atoms with Crippen molar-refractivity contribution in [2.24, 2.45) is 0 Å². The van der Waals surface area contributed by atoms with Gasteiger partial charge < -0.3 is 14.6 Å². The van der Waals surface area contributed by atoms with Crippen molar-refractivity contribution in [2.75, 3.05) is 20.8 Å². The fraction of sp³-hybridized carbons (Fsp3) is 0.667. The van der Waals surface area contributed by atoms with Gasteiger partial charge in [0.25, 0.3) is 0 Å². The molecule has 0 aliphatic rings. The smallest absolute Gasteiger partial charge is 0.0956 e. The average molecular weight is 217 g/mol. The number of nitrogens with zero attached hydrogens (tertiary/aromatic N) is 1. The molecule has 0 aromatic carbocycles. The normalized spacial score (nSPS) is 10.8. The summed E-state index contributed by atoms with van der Waals surface area (Å²) in [6.07, 6.45) is 0.790. The molecule has 0 aliphatic carbocycles. The number of hydrogen-bond donors (Lipinski definition) is 1. The van der Waals surface area contributed by atoms with Crippen LogP contribution in [0, 0.1) is 0 Å². The third kappa shape index (κ3) is 3.02. The van der Waals surface area contributed by atoms with Gasteiger partial charge in [-0.2, -0.15) is 0 Å². The first-order chi connectivity index (χ1) is 6.81. The second-order valence-electron chi connectivity index (χ2n) is 2.81. The molecule has 0 amide bonds. The van der Waals surface area contributed by atoms with Crippen LogP contribution in [0.3, 0.4) is 0 Å². The standard InChI is InChI=1S/C9H15NO3S/c1-12-4-3-9-10-7(6-13-2)8(5-11)14-9/h11H,3-6H2,1-2H3. The van der Waals surface area contributed by atoms with Crippen LogP contribution in [-0.4, -0.2) is 30.9 Å². The van der Waals surface area contributed by atoms with Crippen molar-refractivity contribution in [2.45, 2.75) is 19.6 Å². The van der Waals surface area contributed by atoms with Crippen LogP contribution in [0.4, 0.5) is 0 Å². The summed E-state index contributed by atoms with van der Waals surface area (Å²) < 4.78 is 9.95. The van der Waals surface area contributed by atoms with Gasteiger partial charge in [0.05, 0.1) is 35.4 Å². The Hall–Kier alpha value is -0.490. The van der Waals surface area contributed by atoms with Crippen molar-refractivity contribution in [3.8, 4) is 0 Å². The third-order valence-electron chi connectivity index (χ3n) is 1.77. The topological polar surface area (TPSA) is 51.6 Å². The van der Waals surface area contributed by atoms with Crippen molar-refractivity contribution in [3.63, 3.8) is 0 Å². The van der Waals surface area contributed by atoms with E-state index in [1.54, 1.807) is 14.2 Å². The van der Waals surface area contributed by atoms with E-state index in [4.69, 9.17) is 14.6 Å². The Morgan fingerprint density at radius 3 is 2.71 bits per heavy atom. The molecule has 0 aliphatic heterocycles.